The van der Waals surface area contributed by atoms with Crippen molar-refractivity contribution < 1.29 is 13.2 Å². The molecule has 0 radical (unpaired) electrons. The average molecular weight is 412 g/mol. The highest BCUT2D eigenvalue weighted by atomic mass is 32.2. The maximum Gasteiger partial charge on any atom is 0.280 e. The summed E-state index contributed by atoms with van der Waals surface area (Å²) < 4.78 is 26.9. The molecule has 29 heavy (non-hydrogen) atoms. The summed E-state index contributed by atoms with van der Waals surface area (Å²) in [5.74, 6) is -0.678. The van der Waals surface area contributed by atoms with Gasteiger partial charge in [-0.15, -0.1) is 0 Å². The predicted octanol–water partition coefficient (Wildman–Crippen LogP) is 2.04. The van der Waals surface area contributed by atoms with Gasteiger partial charge in [0.1, 0.15) is 0 Å². The van der Waals surface area contributed by atoms with Crippen LogP contribution < -0.4 is 10.7 Å². The number of anilines is 1. The van der Waals surface area contributed by atoms with Crippen molar-refractivity contribution in [1.29, 1.82) is 0 Å². The summed E-state index contributed by atoms with van der Waals surface area (Å²) in [6, 6.07) is 16.2. The van der Waals surface area contributed by atoms with Crippen molar-refractivity contribution in [3.05, 3.63) is 82.3 Å². The van der Waals surface area contributed by atoms with Gasteiger partial charge in [0.25, 0.3) is 5.91 Å². The van der Waals surface area contributed by atoms with Crippen LogP contribution in [0.15, 0.2) is 70.4 Å². The normalized spacial score (nSPS) is 11.4. The van der Waals surface area contributed by atoms with Gasteiger partial charge in [-0.25, -0.2) is 17.4 Å². The molecule has 0 saturated carbocycles. The van der Waals surface area contributed by atoms with E-state index in [0.29, 0.717) is 11.4 Å². The van der Waals surface area contributed by atoms with E-state index in [-0.39, 0.29) is 10.6 Å². The Bertz CT molecular complexity index is 1200. The van der Waals surface area contributed by atoms with Crippen LogP contribution in [0.2, 0.25) is 0 Å². The van der Waals surface area contributed by atoms with E-state index in [4.69, 9.17) is 0 Å². The van der Waals surface area contributed by atoms with Crippen LogP contribution in [0.25, 0.3) is 5.69 Å². The summed E-state index contributed by atoms with van der Waals surface area (Å²) >= 11 is 0. The highest BCUT2D eigenvalue weighted by Gasteiger charge is 2.18. The fourth-order valence-electron chi connectivity index (χ4n) is 2.65. The van der Waals surface area contributed by atoms with Crippen LogP contribution in [0.4, 0.5) is 5.69 Å². The molecule has 0 fully saturated rings. The lowest BCUT2D eigenvalue weighted by atomic mass is 10.2. The Morgan fingerprint density at radius 2 is 1.66 bits per heavy atom. The number of carbonyl (C=O) groups excluding carboxylic acids is 1. The quantitative estimate of drug-likeness (QED) is 0.691. The van der Waals surface area contributed by atoms with Crippen molar-refractivity contribution in [1.82, 2.24) is 14.1 Å². The van der Waals surface area contributed by atoms with E-state index in [0.717, 1.165) is 9.99 Å². The van der Waals surface area contributed by atoms with E-state index < -0.39 is 21.4 Å². The van der Waals surface area contributed by atoms with Crippen LogP contribution in [0.1, 0.15) is 16.2 Å². The average Bonchev–Trinajstić information content (AvgIpc) is 2.69. The van der Waals surface area contributed by atoms with E-state index in [1.807, 2.05) is 30.3 Å². The minimum absolute atomic E-state index is 0.0976. The fraction of sp³-hybridized carbons (Fsp3) is 0.150. The number of aryl methyl sites for hydroxylation is 1. The summed E-state index contributed by atoms with van der Waals surface area (Å²) in [5.41, 5.74) is 0.900. The SMILES string of the molecule is Cc1cc(=O)c(C(=O)Nc2ccc(S(=O)(=O)N(C)C)cc2)nn1-c1ccccc1. The number of sulfonamides is 1. The second-order valence-electron chi connectivity index (χ2n) is 6.51. The summed E-state index contributed by atoms with van der Waals surface area (Å²) in [6.07, 6.45) is 0. The van der Waals surface area contributed by atoms with Gasteiger partial charge in [0, 0.05) is 31.5 Å². The molecule has 0 unspecified atom stereocenters. The molecule has 2 aromatic carbocycles. The van der Waals surface area contributed by atoms with Gasteiger partial charge >= 0.3 is 0 Å². The molecule has 0 aliphatic carbocycles. The zero-order chi connectivity index (χ0) is 21.2. The molecule has 1 aromatic heterocycles. The molecule has 0 spiro atoms. The van der Waals surface area contributed by atoms with Crippen molar-refractivity contribution in [2.24, 2.45) is 0 Å². The zero-order valence-corrected chi connectivity index (χ0v) is 17.0. The number of carbonyl (C=O) groups is 1. The Morgan fingerprint density at radius 3 is 2.24 bits per heavy atom. The highest BCUT2D eigenvalue weighted by molar-refractivity contribution is 7.89. The number of hydrogen-bond donors (Lipinski definition) is 1. The lowest BCUT2D eigenvalue weighted by Gasteiger charge is -2.13. The number of benzene rings is 2. The Kier molecular flexibility index (Phi) is 5.62. The molecule has 0 aliphatic rings. The first-order valence-electron chi connectivity index (χ1n) is 8.70. The molecule has 150 valence electrons. The number of para-hydroxylation sites is 1. The second kappa shape index (κ2) is 7.98. The highest BCUT2D eigenvalue weighted by Crippen LogP contribution is 2.17. The van der Waals surface area contributed by atoms with Crippen molar-refractivity contribution in [2.45, 2.75) is 11.8 Å². The van der Waals surface area contributed by atoms with Gasteiger partial charge < -0.3 is 5.32 Å². The van der Waals surface area contributed by atoms with E-state index in [2.05, 4.69) is 10.4 Å². The minimum atomic E-state index is -3.57. The maximum atomic E-state index is 12.6. The number of nitrogens with zero attached hydrogens (tertiary/aromatic N) is 3. The van der Waals surface area contributed by atoms with Gasteiger partial charge in [0.15, 0.2) is 5.69 Å². The molecule has 0 saturated heterocycles. The summed E-state index contributed by atoms with van der Waals surface area (Å²) in [7, 11) is -0.694. The number of amides is 1. The second-order valence-corrected chi connectivity index (χ2v) is 8.66. The third kappa shape index (κ3) is 4.25. The van der Waals surface area contributed by atoms with Crippen molar-refractivity contribution in [3.8, 4) is 5.69 Å². The molecule has 0 aliphatic heterocycles. The van der Waals surface area contributed by atoms with Crippen molar-refractivity contribution in [2.75, 3.05) is 19.4 Å². The Hall–Kier alpha value is -3.30. The molecule has 0 atom stereocenters. The standard InChI is InChI=1S/C20H20N4O4S/c1-14-13-18(25)19(22-24(14)16-7-5-4-6-8-16)20(26)21-15-9-11-17(12-10-15)29(27,28)23(2)3/h4-13H,1-3H3,(H,21,26). The van der Waals surface area contributed by atoms with Gasteiger partial charge in [0.2, 0.25) is 15.5 Å². The Labute approximate surface area is 168 Å². The lowest BCUT2D eigenvalue weighted by Crippen LogP contribution is -2.27. The van der Waals surface area contributed by atoms with Crippen LogP contribution in [0, 0.1) is 6.92 Å². The Morgan fingerprint density at radius 1 is 1.03 bits per heavy atom. The summed E-state index contributed by atoms with van der Waals surface area (Å²) in [4.78, 5) is 25.0. The maximum absolute atomic E-state index is 12.6. The molecule has 1 amide bonds. The first-order chi connectivity index (χ1) is 13.7. The molecule has 1 N–H and O–H groups in total. The monoisotopic (exact) mass is 412 g/mol. The van der Waals surface area contributed by atoms with Crippen LogP contribution in [0.5, 0.6) is 0 Å². The van der Waals surface area contributed by atoms with Crippen LogP contribution in [-0.4, -0.2) is 42.5 Å². The first kappa shape index (κ1) is 20.4. The predicted molar refractivity (Wildman–Crippen MR) is 110 cm³/mol. The number of nitrogens with one attached hydrogen (secondary N) is 1. The van der Waals surface area contributed by atoms with E-state index in [1.54, 1.807) is 6.92 Å². The molecular formula is C20H20N4O4S. The van der Waals surface area contributed by atoms with Gasteiger partial charge in [-0.05, 0) is 43.3 Å². The van der Waals surface area contributed by atoms with E-state index in [1.165, 1.54) is 49.1 Å². The zero-order valence-electron chi connectivity index (χ0n) is 16.2. The van der Waals surface area contributed by atoms with Gasteiger partial charge in [0.05, 0.1) is 10.6 Å². The van der Waals surface area contributed by atoms with Gasteiger partial charge in [-0.2, -0.15) is 5.10 Å². The van der Waals surface area contributed by atoms with Gasteiger partial charge in [-0.1, -0.05) is 18.2 Å². The molecule has 3 rings (SSSR count). The molecular weight excluding hydrogens is 392 g/mol. The summed E-state index contributed by atoms with van der Waals surface area (Å²) in [6.45, 7) is 1.73. The smallest absolute Gasteiger partial charge is 0.280 e. The van der Waals surface area contributed by atoms with E-state index in [9.17, 15) is 18.0 Å². The third-order valence-electron chi connectivity index (χ3n) is 4.21. The number of hydrogen-bond acceptors (Lipinski definition) is 5. The lowest BCUT2D eigenvalue weighted by molar-refractivity contribution is 0.101. The van der Waals surface area contributed by atoms with Gasteiger partial charge in [-0.3, -0.25) is 9.59 Å². The number of aromatic nitrogens is 2. The Balaban J connectivity index is 1.89. The largest absolute Gasteiger partial charge is 0.320 e. The van der Waals surface area contributed by atoms with Crippen LogP contribution in [0.3, 0.4) is 0 Å². The summed E-state index contributed by atoms with van der Waals surface area (Å²) in [5, 5.41) is 6.79. The van der Waals surface area contributed by atoms with E-state index >= 15 is 0 Å². The fourth-order valence-corrected chi connectivity index (χ4v) is 3.55. The van der Waals surface area contributed by atoms with Crippen LogP contribution >= 0.6 is 0 Å². The third-order valence-corrected chi connectivity index (χ3v) is 6.04. The molecule has 9 heteroatoms. The number of rotatable bonds is 5. The molecule has 0 bridgehead atoms. The van der Waals surface area contributed by atoms with Crippen molar-refractivity contribution in [3.63, 3.8) is 0 Å². The molecule has 3 aromatic rings. The topological polar surface area (TPSA) is 101 Å². The minimum Gasteiger partial charge on any atom is -0.320 e. The van der Waals surface area contributed by atoms with Crippen molar-refractivity contribution >= 4 is 21.6 Å². The molecule has 8 nitrogen and oxygen atoms in total. The molecule has 1 heterocycles. The van der Waals surface area contributed by atoms with Crippen LogP contribution in [-0.2, 0) is 10.0 Å². The first-order valence-corrected chi connectivity index (χ1v) is 10.1.